The number of hydrogen-bond acceptors (Lipinski definition) is 3. The van der Waals surface area contributed by atoms with Gasteiger partial charge in [0.25, 0.3) is 0 Å². The molecule has 0 saturated carbocycles. The second-order valence-electron chi connectivity index (χ2n) is 5.13. The minimum atomic E-state index is -0.400. The van der Waals surface area contributed by atoms with Crippen LogP contribution in [0, 0.1) is 17.1 Å². The SMILES string of the molecule is N#Cc1cc(F)ccc1N1CCOC(c2ccc(Cl)cc2)C1. The van der Waals surface area contributed by atoms with Gasteiger partial charge in [-0.1, -0.05) is 23.7 Å². The molecule has 1 atom stereocenters. The first-order chi connectivity index (χ1) is 10.7. The molecule has 0 aliphatic carbocycles. The van der Waals surface area contributed by atoms with Gasteiger partial charge in [-0.05, 0) is 35.9 Å². The molecule has 1 aliphatic rings. The van der Waals surface area contributed by atoms with Gasteiger partial charge in [0.05, 0.1) is 17.9 Å². The fraction of sp³-hybridized carbons (Fsp3) is 0.235. The third kappa shape index (κ3) is 3.06. The van der Waals surface area contributed by atoms with E-state index in [1.165, 1.54) is 12.1 Å². The number of anilines is 1. The predicted octanol–water partition coefficient (Wildman–Crippen LogP) is 3.93. The van der Waals surface area contributed by atoms with E-state index in [2.05, 4.69) is 11.0 Å². The summed E-state index contributed by atoms with van der Waals surface area (Å²) in [7, 11) is 0. The van der Waals surface area contributed by atoms with E-state index in [1.807, 2.05) is 24.3 Å². The maximum absolute atomic E-state index is 13.3. The van der Waals surface area contributed by atoms with Gasteiger partial charge < -0.3 is 9.64 Å². The fourth-order valence-corrected chi connectivity index (χ4v) is 2.75. The Morgan fingerprint density at radius 2 is 2.00 bits per heavy atom. The van der Waals surface area contributed by atoms with E-state index in [1.54, 1.807) is 6.07 Å². The number of ether oxygens (including phenoxy) is 1. The summed E-state index contributed by atoms with van der Waals surface area (Å²) in [5, 5.41) is 9.88. The Hall–Kier alpha value is -2.09. The largest absolute Gasteiger partial charge is 0.370 e. The third-order valence-electron chi connectivity index (χ3n) is 3.73. The Balaban J connectivity index is 1.84. The van der Waals surface area contributed by atoms with Gasteiger partial charge in [-0.3, -0.25) is 0 Å². The topological polar surface area (TPSA) is 36.3 Å². The Morgan fingerprint density at radius 1 is 1.23 bits per heavy atom. The first-order valence-electron chi connectivity index (χ1n) is 6.99. The summed E-state index contributed by atoms with van der Waals surface area (Å²) in [6, 6.07) is 13.9. The summed E-state index contributed by atoms with van der Waals surface area (Å²) < 4.78 is 19.1. The van der Waals surface area contributed by atoms with Gasteiger partial charge in [-0.2, -0.15) is 5.26 Å². The van der Waals surface area contributed by atoms with Crippen LogP contribution in [0.3, 0.4) is 0 Å². The zero-order valence-corrected chi connectivity index (χ0v) is 12.6. The second kappa shape index (κ2) is 6.35. The molecule has 22 heavy (non-hydrogen) atoms. The molecule has 5 heteroatoms. The zero-order valence-electron chi connectivity index (χ0n) is 11.8. The van der Waals surface area contributed by atoms with E-state index in [4.69, 9.17) is 16.3 Å². The lowest BCUT2D eigenvalue weighted by Crippen LogP contribution is -2.38. The predicted molar refractivity (Wildman–Crippen MR) is 83.5 cm³/mol. The highest BCUT2D eigenvalue weighted by Gasteiger charge is 2.23. The van der Waals surface area contributed by atoms with Crippen LogP contribution >= 0.6 is 11.6 Å². The average Bonchev–Trinajstić information content (AvgIpc) is 2.55. The van der Waals surface area contributed by atoms with E-state index in [9.17, 15) is 9.65 Å². The normalized spacial score (nSPS) is 18.0. The molecular weight excluding hydrogens is 303 g/mol. The van der Waals surface area contributed by atoms with Gasteiger partial charge in [0.15, 0.2) is 0 Å². The van der Waals surface area contributed by atoms with Crippen LogP contribution in [0.1, 0.15) is 17.2 Å². The van der Waals surface area contributed by atoms with Crippen molar-refractivity contribution in [2.45, 2.75) is 6.10 Å². The molecule has 0 bridgehead atoms. The molecule has 0 spiro atoms. The van der Waals surface area contributed by atoms with E-state index in [0.29, 0.717) is 30.3 Å². The van der Waals surface area contributed by atoms with Crippen LogP contribution < -0.4 is 4.90 Å². The van der Waals surface area contributed by atoms with Gasteiger partial charge in [-0.25, -0.2) is 4.39 Å². The summed E-state index contributed by atoms with van der Waals surface area (Å²) in [4.78, 5) is 2.06. The number of nitriles is 1. The van der Waals surface area contributed by atoms with Crippen molar-refractivity contribution in [2.75, 3.05) is 24.6 Å². The van der Waals surface area contributed by atoms with Crippen molar-refractivity contribution in [3.63, 3.8) is 0 Å². The maximum Gasteiger partial charge on any atom is 0.124 e. The number of nitrogens with zero attached hydrogens (tertiary/aromatic N) is 2. The molecule has 0 N–H and O–H groups in total. The van der Waals surface area contributed by atoms with Crippen LogP contribution in [0.5, 0.6) is 0 Å². The van der Waals surface area contributed by atoms with Crippen molar-refractivity contribution < 1.29 is 9.13 Å². The quantitative estimate of drug-likeness (QED) is 0.842. The Labute approximate surface area is 133 Å². The average molecular weight is 317 g/mol. The summed E-state index contributed by atoms with van der Waals surface area (Å²) >= 11 is 5.91. The Bertz CT molecular complexity index is 712. The molecule has 0 amide bonds. The maximum atomic E-state index is 13.3. The van der Waals surface area contributed by atoms with E-state index < -0.39 is 5.82 Å². The number of halogens is 2. The minimum Gasteiger partial charge on any atom is -0.370 e. The number of hydrogen-bond donors (Lipinski definition) is 0. The monoisotopic (exact) mass is 316 g/mol. The molecule has 1 unspecified atom stereocenters. The van der Waals surface area contributed by atoms with E-state index >= 15 is 0 Å². The van der Waals surface area contributed by atoms with Crippen LogP contribution in [-0.4, -0.2) is 19.7 Å². The summed E-state index contributed by atoms with van der Waals surface area (Å²) in [5.41, 5.74) is 2.12. The third-order valence-corrected chi connectivity index (χ3v) is 3.98. The lowest BCUT2D eigenvalue weighted by Gasteiger charge is -2.35. The number of benzene rings is 2. The molecule has 3 nitrogen and oxygen atoms in total. The van der Waals surface area contributed by atoms with Crippen molar-refractivity contribution >= 4 is 17.3 Å². The highest BCUT2D eigenvalue weighted by molar-refractivity contribution is 6.30. The molecule has 1 aliphatic heterocycles. The highest BCUT2D eigenvalue weighted by Crippen LogP contribution is 2.29. The number of rotatable bonds is 2. The minimum absolute atomic E-state index is 0.0948. The Morgan fingerprint density at radius 3 is 2.73 bits per heavy atom. The van der Waals surface area contributed by atoms with Gasteiger partial charge in [-0.15, -0.1) is 0 Å². The van der Waals surface area contributed by atoms with Gasteiger partial charge in [0.1, 0.15) is 18.0 Å². The zero-order chi connectivity index (χ0) is 15.5. The van der Waals surface area contributed by atoms with Crippen molar-refractivity contribution in [1.82, 2.24) is 0 Å². The van der Waals surface area contributed by atoms with Crippen LogP contribution in [0.25, 0.3) is 0 Å². The summed E-state index contributed by atoms with van der Waals surface area (Å²) in [6.45, 7) is 1.84. The summed E-state index contributed by atoms with van der Waals surface area (Å²) in [5.74, 6) is -0.400. The summed E-state index contributed by atoms with van der Waals surface area (Å²) in [6.07, 6.45) is -0.0948. The van der Waals surface area contributed by atoms with Crippen LogP contribution in [0.15, 0.2) is 42.5 Å². The number of morpholine rings is 1. The van der Waals surface area contributed by atoms with Gasteiger partial charge in [0.2, 0.25) is 0 Å². The van der Waals surface area contributed by atoms with Crippen molar-refractivity contribution in [2.24, 2.45) is 0 Å². The van der Waals surface area contributed by atoms with Gasteiger partial charge >= 0.3 is 0 Å². The van der Waals surface area contributed by atoms with Crippen molar-refractivity contribution in [1.29, 1.82) is 5.26 Å². The van der Waals surface area contributed by atoms with E-state index in [-0.39, 0.29) is 6.10 Å². The first kappa shape index (κ1) is 14.8. The van der Waals surface area contributed by atoms with E-state index in [0.717, 1.165) is 11.3 Å². The first-order valence-corrected chi connectivity index (χ1v) is 7.37. The molecule has 1 heterocycles. The highest BCUT2D eigenvalue weighted by atomic mass is 35.5. The van der Waals surface area contributed by atoms with Crippen LogP contribution in [-0.2, 0) is 4.74 Å². The molecule has 2 aromatic carbocycles. The van der Waals surface area contributed by atoms with Crippen LogP contribution in [0.2, 0.25) is 5.02 Å². The lowest BCUT2D eigenvalue weighted by molar-refractivity contribution is 0.0398. The molecule has 0 aromatic heterocycles. The molecule has 112 valence electrons. The van der Waals surface area contributed by atoms with Gasteiger partial charge in [0, 0.05) is 18.1 Å². The second-order valence-corrected chi connectivity index (χ2v) is 5.57. The Kier molecular flexibility index (Phi) is 4.28. The molecular formula is C17H14ClFN2O. The smallest absolute Gasteiger partial charge is 0.124 e. The standard InChI is InChI=1S/C17H14ClFN2O/c18-14-3-1-12(2-4-14)17-11-21(7-8-22-17)16-6-5-15(19)9-13(16)10-20/h1-6,9,17H,7-8,11H2. The lowest BCUT2D eigenvalue weighted by atomic mass is 10.1. The fourth-order valence-electron chi connectivity index (χ4n) is 2.62. The molecule has 2 aromatic rings. The molecule has 3 rings (SSSR count). The van der Waals surface area contributed by atoms with Crippen molar-refractivity contribution in [3.05, 3.63) is 64.4 Å². The molecule has 0 radical (unpaired) electrons. The van der Waals surface area contributed by atoms with Crippen LogP contribution in [0.4, 0.5) is 10.1 Å². The molecule has 1 fully saturated rings. The molecule has 1 saturated heterocycles. The van der Waals surface area contributed by atoms with Crippen molar-refractivity contribution in [3.8, 4) is 6.07 Å².